The predicted molar refractivity (Wildman–Crippen MR) is 74.5 cm³/mol. The minimum Gasteiger partial charge on any atom is -0.486 e. The minimum atomic E-state index is -3.78. The maximum Gasteiger partial charge on any atom is 0.242 e. The van der Waals surface area contributed by atoms with Crippen LogP contribution in [0, 0.1) is 17.2 Å². The number of nitrogens with one attached hydrogen (secondary N) is 1. The van der Waals surface area contributed by atoms with Gasteiger partial charge < -0.3 is 9.47 Å². The third-order valence-electron chi connectivity index (χ3n) is 3.80. The Labute approximate surface area is 123 Å². The van der Waals surface area contributed by atoms with Crippen LogP contribution < -0.4 is 14.2 Å². The second kappa shape index (κ2) is 4.90. The van der Waals surface area contributed by atoms with Crippen LogP contribution in [-0.2, 0) is 10.0 Å². The van der Waals surface area contributed by atoms with Crippen LogP contribution in [-0.4, -0.2) is 27.2 Å². The molecule has 2 aliphatic rings. The van der Waals surface area contributed by atoms with Crippen molar-refractivity contribution < 1.29 is 17.9 Å². The monoisotopic (exact) mass is 308 g/mol. The molecule has 0 aromatic heterocycles. The van der Waals surface area contributed by atoms with Gasteiger partial charge in [-0.05, 0) is 37.8 Å². The van der Waals surface area contributed by atoms with Gasteiger partial charge in [-0.15, -0.1) is 0 Å². The summed E-state index contributed by atoms with van der Waals surface area (Å²) in [4.78, 5) is 0.0777. The molecule has 0 radical (unpaired) electrons. The summed E-state index contributed by atoms with van der Waals surface area (Å²) in [5.41, 5.74) is -1.06. The van der Waals surface area contributed by atoms with Crippen molar-refractivity contribution in [1.29, 1.82) is 5.26 Å². The van der Waals surface area contributed by atoms with Crippen molar-refractivity contribution in [2.75, 3.05) is 13.2 Å². The molecule has 1 heterocycles. The highest BCUT2D eigenvalue weighted by Crippen LogP contribution is 2.40. The van der Waals surface area contributed by atoms with Crippen LogP contribution in [0.5, 0.6) is 11.5 Å². The van der Waals surface area contributed by atoms with Crippen LogP contribution in [0.2, 0.25) is 0 Å². The largest absolute Gasteiger partial charge is 0.486 e. The fraction of sp³-hybridized carbons (Fsp3) is 0.500. The number of fused-ring (bicyclic) bond motifs is 1. The van der Waals surface area contributed by atoms with Gasteiger partial charge in [-0.2, -0.15) is 9.98 Å². The van der Waals surface area contributed by atoms with Crippen LogP contribution in [0.25, 0.3) is 0 Å². The van der Waals surface area contributed by atoms with E-state index in [1.165, 1.54) is 12.1 Å². The van der Waals surface area contributed by atoms with Crippen molar-refractivity contribution in [3.8, 4) is 17.6 Å². The Balaban J connectivity index is 1.90. The molecule has 1 fully saturated rings. The maximum absolute atomic E-state index is 12.5. The zero-order chi connectivity index (χ0) is 15.1. The minimum absolute atomic E-state index is 0.0777. The van der Waals surface area contributed by atoms with E-state index in [1.807, 2.05) is 0 Å². The molecular formula is C14H16N2O4S. The molecule has 112 valence electrons. The molecule has 1 atom stereocenters. The Morgan fingerprint density at radius 1 is 1.29 bits per heavy atom. The first kappa shape index (κ1) is 14.2. The first-order valence-electron chi connectivity index (χ1n) is 6.79. The Kier molecular flexibility index (Phi) is 3.30. The molecule has 0 amide bonds. The summed E-state index contributed by atoms with van der Waals surface area (Å²) in [5, 5.41) is 9.28. The Hall–Kier alpha value is -1.78. The van der Waals surface area contributed by atoms with E-state index in [4.69, 9.17) is 9.47 Å². The zero-order valence-corrected chi connectivity index (χ0v) is 12.4. The van der Waals surface area contributed by atoms with Gasteiger partial charge >= 0.3 is 0 Å². The molecule has 0 spiro atoms. The lowest BCUT2D eigenvalue weighted by molar-refractivity contribution is 0.171. The smallest absolute Gasteiger partial charge is 0.242 e. The van der Waals surface area contributed by atoms with Gasteiger partial charge in [0.2, 0.25) is 10.0 Å². The van der Waals surface area contributed by atoms with E-state index < -0.39 is 15.6 Å². The highest BCUT2D eigenvalue weighted by molar-refractivity contribution is 7.89. The molecule has 0 saturated heterocycles. The number of hydrogen-bond acceptors (Lipinski definition) is 5. The molecule has 7 heteroatoms. The van der Waals surface area contributed by atoms with Crippen LogP contribution in [0.3, 0.4) is 0 Å². The number of nitrogens with zero attached hydrogens (tertiary/aromatic N) is 1. The van der Waals surface area contributed by atoms with Gasteiger partial charge in [0.05, 0.1) is 11.0 Å². The fourth-order valence-corrected chi connectivity index (χ4v) is 3.78. The van der Waals surface area contributed by atoms with Gasteiger partial charge in [-0.1, -0.05) is 0 Å². The molecule has 1 saturated carbocycles. The lowest BCUT2D eigenvalue weighted by atomic mass is 10.0. The summed E-state index contributed by atoms with van der Waals surface area (Å²) in [6, 6.07) is 6.55. The van der Waals surface area contributed by atoms with E-state index >= 15 is 0 Å². The van der Waals surface area contributed by atoms with E-state index in [9.17, 15) is 13.7 Å². The Morgan fingerprint density at radius 2 is 1.95 bits per heavy atom. The van der Waals surface area contributed by atoms with Crippen LogP contribution in [0.1, 0.15) is 19.8 Å². The second-order valence-corrected chi connectivity index (χ2v) is 7.18. The van der Waals surface area contributed by atoms with Crippen molar-refractivity contribution in [1.82, 2.24) is 4.72 Å². The number of benzene rings is 1. The molecule has 3 rings (SSSR count). The van der Waals surface area contributed by atoms with Crippen molar-refractivity contribution in [3.05, 3.63) is 18.2 Å². The summed E-state index contributed by atoms with van der Waals surface area (Å²) >= 11 is 0. The van der Waals surface area contributed by atoms with Crippen LogP contribution in [0.4, 0.5) is 0 Å². The number of sulfonamides is 1. The summed E-state index contributed by atoms with van der Waals surface area (Å²) in [6.45, 7) is 2.47. The first-order valence-corrected chi connectivity index (χ1v) is 8.28. The number of nitriles is 1. The highest BCUT2D eigenvalue weighted by Gasteiger charge is 2.44. The Morgan fingerprint density at radius 3 is 2.57 bits per heavy atom. The van der Waals surface area contributed by atoms with Gasteiger partial charge in [0.25, 0.3) is 0 Å². The molecule has 1 aliphatic carbocycles. The molecule has 1 N–H and O–H groups in total. The van der Waals surface area contributed by atoms with Gasteiger partial charge in [-0.3, -0.25) is 0 Å². The number of ether oxygens (including phenoxy) is 2. The molecule has 1 aromatic rings. The molecule has 21 heavy (non-hydrogen) atoms. The van der Waals surface area contributed by atoms with E-state index in [2.05, 4.69) is 10.8 Å². The molecular weight excluding hydrogens is 292 g/mol. The molecule has 0 bridgehead atoms. The first-order chi connectivity index (χ1) is 9.94. The van der Waals surface area contributed by atoms with Crippen molar-refractivity contribution in [3.63, 3.8) is 0 Å². The lowest BCUT2D eigenvalue weighted by Gasteiger charge is -2.23. The third-order valence-corrected chi connectivity index (χ3v) is 5.36. The van der Waals surface area contributed by atoms with E-state index in [-0.39, 0.29) is 10.8 Å². The van der Waals surface area contributed by atoms with Crippen molar-refractivity contribution >= 4 is 10.0 Å². The summed E-state index contributed by atoms with van der Waals surface area (Å²) in [5.74, 6) is 1.02. The Bertz CT molecular complexity index is 706. The van der Waals surface area contributed by atoms with Gasteiger partial charge in [-0.25, -0.2) is 8.42 Å². The van der Waals surface area contributed by atoms with E-state index in [1.54, 1.807) is 13.0 Å². The average molecular weight is 308 g/mol. The van der Waals surface area contributed by atoms with Gasteiger partial charge in [0.15, 0.2) is 11.5 Å². The quantitative estimate of drug-likeness (QED) is 0.909. The number of hydrogen-bond donors (Lipinski definition) is 1. The fourth-order valence-electron chi connectivity index (χ4n) is 2.39. The predicted octanol–water partition coefficient (Wildman–Crippen LogP) is 1.43. The SMILES string of the molecule is C[C@@](C#N)(NS(=O)(=O)c1ccc2c(c1)OCCO2)C1CC1. The van der Waals surface area contributed by atoms with Gasteiger partial charge in [0.1, 0.15) is 18.8 Å². The molecule has 1 aromatic carbocycles. The van der Waals surface area contributed by atoms with Crippen LogP contribution in [0.15, 0.2) is 23.1 Å². The van der Waals surface area contributed by atoms with Crippen molar-refractivity contribution in [2.24, 2.45) is 5.92 Å². The molecule has 1 aliphatic heterocycles. The topological polar surface area (TPSA) is 88.4 Å². The third kappa shape index (κ3) is 2.69. The summed E-state index contributed by atoms with van der Waals surface area (Å²) < 4.78 is 38.2. The standard InChI is InChI=1S/C14H16N2O4S/c1-14(9-15,10-2-3-10)16-21(17,18)11-4-5-12-13(8-11)20-7-6-19-12/h4-5,8,10,16H,2-3,6-7H2,1H3/t14-/m0/s1. The van der Waals surface area contributed by atoms with Crippen LogP contribution >= 0.6 is 0 Å². The maximum atomic E-state index is 12.5. The van der Waals surface area contributed by atoms with Crippen molar-refractivity contribution in [2.45, 2.75) is 30.2 Å². The zero-order valence-electron chi connectivity index (χ0n) is 11.6. The normalized spacial score (nSPS) is 20.4. The highest BCUT2D eigenvalue weighted by atomic mass is 32.2. The van der Waals surface area contributed by atoms with E-state index in [0.717, 1.165) is 12.8 Å². The summed E-state index contributed by atoms with van der Waals surface area (Å²) in [7, 11) is -3.78. The van der Waals surface area contributed by atoms with Gasteiger partial charge in [0, 0.05) is 6.07 Å². The second-order valence-electron chi connectivity index (χ2n) is 5.50. The summed E-state index contributed by atoms with van der Waals surface area (Å²) in [6.07, 6.45) is 1.74. The van der Waals surface area contributed by atoms with E-state index in [0.29, 0.717) is 24.7 Å². The average Bonchev–Trinajstić information content (AvgIpc) is 3.31. The lowest BCUT2D eigenvalue weighted by Crippen LogP contribution is -2.46. The molecule has 0 unspecified atom stereocenters. The molecule has 6 nitrogen and oxygen atoms in total. The number of rotatable bonds is 4.